The number of benzene rings is 1. The van der Waals surface area contributed by atoms with Gasteiger partial charge in [0.2, 0.25) is 0 Å². The SMILES string of the molecule is CC(C)(C)c1ccc(COCC2CCNCC2)cc1. The number of piperidine rings is 1. The molecule has 19 heavy (non-hydrogen) atoms. The van der Waals surface area contributed by atoms with Gasteiger partial charge in [0.05, 0.1) is 6.61 Å². The lowest BCUT2D eigenvalue weighted by molar-refractivity contribution is 0.0763. The summed E-state index contributed by atoms with van der Waals surface area (Å²) in [6.07, 6.45) is 2.51. The molecule has 0 atom stereocenters. The number of nitrogens with one attached hydrogen (secondary N) is 1. The lowest BCUT2D eigenvalue weighted by Gasteiger charge is -2.22. The molecule has 106 valence electrons. The molecule has 0 saturated carbocycles. The smallest absolute Gasteiger partial charge is 0.0717 e. The summed E-state index contributed by atoms with van der Waals surface area (Å²) in [5.74, 6) is 0.745. The Kier molecular flexibility index (Phi) is 5.00. The monoisotopic (exact) mass is 261 g/mol. The maximum absolute atomic E-state index is 5.86. The van der Waals surface area contributed by atoms with Crippen LogP contribution in [0.5, 0.6) is 0 Å². The Morgan fingerprint density at radius 2 is 1.74 bits per heavy atom. The van der Waals surface area contributed by atoms with Gasteiger partial charge in [-0.2, -0.15) is 0 Å². The fraction of sp³-hybridized carbons (Fsp3) is 0.647. The molecule has 0 bridgehead atoms. The fourth-order valence-corrected chi connectivity index (χ4v) is 2.49. The van der Waals surface area contributed by atoms with Crippen molar-refractivity contribution in [1.82, 2.24) is 5.32 Å². The molecule has 1 heterocycles. The van der Waals surface area contributed by atoms with Crippen LogP contribution in [-0.2, 0) is 16.8 Å². The van der Waals surface area contributed by atoms with Gasteiger partial charge in [0, 0.05) is 6.61 Å². The largest absolute Gasteiger partial charge is 0.376 e. The number of ether oxygens (including phenoxy) is 1. The molecule has 1 aromatic rings. The molecule has 1 N–H and O–H groups in total. The van der Waals surface area contributed by atoms with Crippen molar-refractivity contribution in [3.05, 3.63) is 35.4 Å². The van der Waals surface area contributed by atoms with E-state index in [9.17, 15) is 0 Å². The van der Waals surface area contributed by atoms with Crippen molar-refractivity contribution < 1.29 is 4.74 Å². The Labute approximate surface area is 117 Å². The minimum atomic E-state index is 0.231. The summed E-state index contributed by atoms with van der Waals surface area (Å²) in [5, 5.41) is 3.39. The van der Waals surface area contributed by atoms with Gasteiger partial charge in [-0.25, -0.2) is 0 Å². The van der Waals surface area contributed by atoms with Crippen molar-refractivity contribution in [2.45, 2.75) is 45.6 Å². The normalized spacial score (nSPS) is 17.6. The van der Waals surface area contributed by atoms with Crippen molar-refractivity contribution >= 4 is 0 Å². The quantitative estimate of drug-likeness (QED) is 0.895. The highest BCUT2D eigenvalue weighted by atomic mass is 16.5. The zero-order valence-corrected chi connectivity index (χ0v) is 12.5. The number of rotatable bonds is 4. The van der Waals surface area contributed by atoms with Crippen LogP contribution in [0.4, 0.5) is 0 Å². The Morgan fingerprint density at radius 3 is 2.32 bits per heavy atom. The standard InChI is InChI=1S/C17H27NO/c1-17(2,3)16-6-4-14(5-7-16)12-19-13-15-8-10-18-11-9-15/h4-7,15,18H,8-13H2,1-3H3. The van der Waals surface area contributed by atoms with Crippen LogP contribution in [0.2, 0.25) is 0 Å². The predicted molar refractivity (Wildman–Crippen MR) is 80.4 cm³/mol. The van der Waals surface area contributed by atoms with Gasteiger partial charge in [0.15, 0.2) is 0 Å². The van der Waals surface area contributed by atoms with Crippen LogP contribution in [-0.4, -0.2) is 19.7 Å². The van der Waals surface area contributed by atoms with E-state index in [1.165, 1.54) is 24.0 Å². The van der Waals surface area contributed by atoms with Crippen LogP contribution in [0.15, 0.2) is 24.3 Å². The van der Waals surface area contributed by atoms with Gasteiger partial charge in [-0.05, 0) is 48.4 Å². The highest BCUT2D eigenvalue weighted by Gasteiger charge is 2.14. The summed E-state index contributed by atoms with van der Waals surface area (Å²) < 4.78 is 5.86. The van der Waals surface area contributed by atoms with Gasteiger partial charge in [-0.1, -0.05) is 45.0 Å². The van der Waals surface area contributed by atoms with Crippen molar-refractivity contribution in [2.75, 3.05) is 19.7 Å². The molecule has 1 aliphatic rings. The van der Waals surface area contributed by atoms with Crippen LogP contribution in [0.1, 0.15) is 44.7 Å². The maximum Gasteiger partial charge on any atom is 0.0717 e. The van der Waals surface area contributed by atoms with E-state index in [1.54, 1.807) is 0 Å². The van der Waals surface area contributed by atoms with Crippen molar-refractivity contribution in [3.63, 3.8) is 0 Å². The first-order valence-electron chi connectivity index (χ1n) is 7.43. The second-order valence-electron chi connectivity index (χ2n) is 6.66. The second-order valence-corrected chi connectivity index (χ2v) is 6.66. The van der Waals surface area contributed by atoms with Gasteiger partial charge in [0.1, 0.15) is 0 Å². The zero-order chi connectivity index (χ0) is 13.7. The molecule has 0 amide bonds. The van der Waals surface area contributed by atoms with E-state index in [1.807, 2.05) is 0 Å². The zero-order valence-electron chi connectivity index (χ0n) is 12.5. The molecule has 0 aromatic heterocycles. The van der Waals surface area contributed by atoms with Crippen molar-refractivity contribution in [3.8, 4) is 0 Å². The average molecular weight is 261 g/mol. The summed E-state index contributed by atoms with van der Waals surface area (Å²) in [6, 6.07) is 8.85. The van der Waals surface area contributed by atoms with Crippen LogP contribution < -0.4 is 5.32 Å². The molecular formula is C17H27NO. The minimum Gasteiger partial charge on any atom is -0.376 e. The molecule has 0 spiro atoms. The van der Waals surface area contributed by atoms with Crippen LogP contribution in [0.3, 0.4) is 0 Å². The Bertz CT molecular complexity index is 371. The summed E-state index contributed by atoms with van der Waals surface area (Å²) in [7, 11) is 0. The van der Waals surface area contributed by atoms with E-state index in [-0.39, 0.29) is 5.41 Å². The molecular weight excluding hydrogens is 234 g/mol. The molecule has 0 aliphatic carbocycles. The first-order chi connectivity index (χ1) is 9.05. The number of hydrogen-bond donors (Lipinski definition) is 1. The van der Waals surface area contributed by atoms with E-state index in [2.05, 4.69) is 50.4 Å². The van der Waals surface area contributed by atoms with Crippen LogP contribution in [0.25, 0.3) is 0 Å². The van der Waals surface area contributed by atoms with Gasteiger partial charge < -0.3 is 10.1 Å². The summed E-state index contributed by atoms with van der Waals surface area (Å²) in [6.45, 7) is 10.7. The predicted octanol–water partition coefficient (Wildman–Crippen LogP) is 3.50. The van der Waals surface area contributed by atoms with Gasteiger partial charge in [0.25, 0.3) is 0 Å². The third-order valence-electron chi connectivity index (χ3n) is 3.90. The lowest BCUT2D eigenvalue weighted by Crippen LogP contribution is -2.29. The Morgan fingerprint density at radius 1 is 1.11 bits per heavy atom. The lowest BCUT2D eigenvalue weighted by atomic mass is 9.87. The number of hydrogen-bond acceptors (Lipinski definition) is 2. The summed E-state index contributed by atoms with van der Waals surface area (Å²) >= 11 is 0. The maximum atomic E-state index is 5.86. The van der Waals surface area contributed by atoms with E-state index >= 15 is 0 Å². The molecule has 1 aliphatic heterocycles. The molecule has 1 saturated heterocycles. The van der Waals surface area contributed by atoms with Gasteiger partial charge in [-0.3, -0.25) is 0 Å². The molecule has 2 nitrogen and oxygen atoms in total. The van der Waals surface area contributed by atoms with Crippen LogP contribution in [0, 0.1) is 5.92 Å². The van der Waals surface area contributed by atoms with Gasteiger partial charge >= 0.3 is 0 Å². The third kappa shape index (κ3) is 4.63. The molecule has 0 unspecified atom stereocenters. The molecule has 0 radical (unpaired) electrons. The highest BCUT2D eigenvalue weighted by Crippen LogP contribution is 2.22. The van der Waals surface area contributed by atoms with Crippen molar-refractivity contribution in [1.29, 1.82) is 0 Å². The Balaban J connectivity index is 1.76. The van der Waals surface area contributed by atoms with E-state index in [0.717, 1.165) is 32.2 Å². The Hall–Kier alpha value is -0.860. The highest BCUT2D eigenvalue weighted by molar-refractivity contribution is 5.27. The van der Waals surface area contributed by atoms with Gasteiger partial charge in [-0.15, -0.1) is 0 Å². The summed E-state index contributed by atoms with van der Waals surface area (Å²) in [4.78, 5) is 0. The third-order valence-corrected chi connectivity index (χ3v) is 3.90. The fourth-order valence-electron chi connectivity index (χ4n) is 2.49. The molecule has 2 rings (SSSR count). The molecule has 2 heteroatoms. The summed E-state index contributed by atoms with van der Waals surface area (Å²) in [5.41, 5.74) is 2.89. The minimum absolute atomic E-state index is 0.231. The van der Waals surface area contributed by atoms with E-state index in [0.29, 0.717) is 0 Å². The first kappa shape index (κ1) is 14.5. The average Bonchev–Trinajstić information content (AvgIpc) is 2.39. The molecule has 1 fully saturated rings. The van der Waals surface area contributed by atoms with Crippen molar-refractivity contribution in [2.24, 2.45) is 5.92 Å². The van der Waals surface area contributed by atoms with E-state index in [4.69, 9.17) is 4.74 Å². The van der Waals surface area contributed by atoms with Crippen LogP contribution >= 0.6 is 0 Å². The second kappa shape index (κ2) is 6.53. The van der Waals surface area contributed by atoms with E-state index < -0.39 is 0 Å². The topological polar surface area (TPSA) is 21.3 Å². The molecule has 1 aromatic carbocycles. The first-order valence-corrected chi connectivity index (χ1v) is 7.43.